The molecule has 0 aromatic heterocycles. The molecule has 0 saturated carbocycles. The van der Waals surface area contributed by atoms with Crippen LogP contribution in [0.4, 0.5) is 13.2 Å². The first kappa shape index (κ1) is 13.4. The van der Waals surface area contributed by atoms with Gasteiger partial charge in [-0.3, -0.25) is 0 Å². The summed E-state index contributed by atoms with van der Waals surface area (Å²) in [6.07, 6.45) is -4.27. The highest BCUT2D eigenvalue weighted by Gasteiger charge is 2.40. The van der Waals surface area contributed by atoms with E-state index in [1.807, 2.05) is 20.8 Å². The van der Waals surface area contributed by atoms with Crippen LogP contribution in [0.15, 0.2) is 18.2 Å². The van der Waals surface area contributed by atoms with Crippen molar-refractivity contribution in [3.05, 3.63) is 34.9 Å². The third-order valence-corrected chi connectivity index (χ3v) is 3.56. The summed E-state index contributed by atoms with van der Waals surface area (Å²) in [5.41, 5.74) is 0.595. The summed E-state index contributed by atoms with van der Waals surface area (Å²) in [5, 5.41) is 3.21. The molecule has 0 amide bonds. The normalized spacial score (nSPS) is 20.7. The smallest absolute Gasteiger partial charge is 0.312 e. The van der Waals surface area contributed by atoms with E-state index in [1.165, 1.54) is 12.1 Å². The van der Waals surface area contributed by atoms with Crippen LogP contribution >= 0.6 is 0 Å². The topological polar surface area (TPSA) is 12.0 Å². The maximum Gasteiger partial charge on any atom is 0.416 e. The molecule has 1 heterocycles. The fourth-order valence-corrected chi connectivity index (χ4v) is 2.62. The van der Waals surface area contributed by atoms with Gasteiger partial charge in [0.25, 0.3) is 0 Å². The number of rotatable bonds is 0. The summed E-state index contributed by atoms with van der Waals surface area (Å²) in [6.45, 7) is 7.08. The zero-order valence-corrected chi connectivity index (χ0v) is 10.9. The van der Waals surface area contributed by atoms with Gasteiger partial charge >= 0.3 is 6.18 Å². The van der Waals surface area contributed by atoms with Crippen molar-refractivity contribution in [2.45, 2.75) is 39.4 Å². The Hall–Kier alpha value is -1.03. The summed E-state index contributed by atoms with van der Waals surface area (Å²) < 4.78 is 39.4. The van der Waals surface area contributed by atoms with Gasteiger partial charge in [0.15, 0.2) is 0 Å². The Balaban J connectivity index is 2.61. The summed E-state index contributed by atoms with van der Waals surface area (Å²) in [4.78, 5) is 0. The second kappa shape index (κ2) is 4.26. The molecule has 1 N–H and O–H groups in total. The molecule has 0 fully saturated rings. The molecule has 0 saturated heterocycles. The molecular weight excluding hydrogens is 239 g/mol. The molecule has 0 aliphatic carbocycles. The molecule has 4 heteroatoms. The molecule has 2 rings (SSSR count). The van der Waals surface area contributed by atoms with Crippen LogP contribution < -0.4 is 5.32 Å². The van der Waals surface area contributed by atoms with Crippen molar-refractivity contribution < 1.29 is 13.2 Å². The predicted octanol–water partition coefficient (Wildman–Crippen LogP) is 3.94. The van der Waals surface area contributed by atoms with Crippen LogP contribution in [-0.2, 0) is 12.7 Å². The van der Waals surface area contributed by atoms with E-state index in [-0.39, 0.29) is 11.3 Å². The van der Waals surface area contributed by atoms with Gasteiger partial charge < -0.3 is 5.32 Å². The summed E-state index contributed by atoms with van der Waals surface area (Å²) >= 11 is 0. The van der Waals surface area contributed by atoms with Gasteiger partial charge in [0.2, 0.25) is 0 Å². The van der Waals surface area contributed by atoms with Crippen molar-refractivity contribution in [3.8, 4) is 0 Å². The summed E-state index contributed by atoms with van der Waals surface area (Å²) in [7, 11) is 0. The van der Waals surface area contributed by atoms with E-state index in [4.69, 9.17) is 0 Å². The van der Waals surface area contributed by atoms with E-state index in [1.54, 1.807) is 6.07 Å². The number of hydrogen-bond donors (Lipinski definition) is 1. The zero-order valence-electron chi connectivity index (χ0n) is 10.9. The van der Waals surface area contributed by atoms with E-state index in [0.29, 0.717) is 18.7 Å². The lowest BCUT2D eigenvalue weighted by atomic mass is 9.72. The molecule has 1 aliphatic heterocycles. The van der Waals surface area contributed by atoms with E-state index < -0.39 is 11.7 Å². The average molecular weight is 257 g/mol. The highest BCUT2D eigenvalue weighted by atomic mass is 19.4. The largest absolute Gasteiger partial charge is 0.416 e. The maximum absolute atomic E-state index is 13.1. The first-order chi connectivity index (χ1) is 8.21. The third kappa shape index (κ3) is 2.39. The van der Waals surface area contributed by atoms with E-state index in [9.17, 15) is 13.2 Å². The Morgan fingerprint density at radius 1 is 1.17 bits per heavy atom. The number of halogens is 3. The van der Waals surface area contributed by atoms with Gasteiger partial charge in [-0.15, -0.1) is 0 Å². The molecule has 1 unspecified atom stereocenters. The Bertz CT molecular complexity index is 443. The third-order valence-electron chi connectivity index (χ3n) is 3.56. The van der Waals surface area contributed by atoms with Crippen LogP contribution in [0.2, 0.25) is 0 Å². The summed E-state index contributed by atoms with van der Waals surface area (Å²) in [6, 6.07) is 4.48. The SMILES string of the molecule is CC(C)(C)C1CNCc2cccc(C(F)(F)F)c21. The molecule has 0 spiro atoms. The number of fused-ring (bicyclic) bond motifs is 1. The predicted molar refractivity (Wildman–Crippen MR) is 65.3 cm³/mol. The molecule has 1 nitrogen and oxygen atoms in total. The molecule has 0 radical (unpaired) electrons. The molecule has 1 aromatic carbocycles. The standard InChI is InChI=1S/C14H18F3N/c1-13(2,3)11-8-18-7-9-5-4-6-10(12(9)11)14(15,16)17/h4-6,11,18H,7-8H2,1-3H3. The highest BCUT2D eigenvalue weighted by molar-refractivity contribution is 5.42. The van der Waals surface area contributed by atoms with Crippen LogP contribution in [-0.4, -0.2) is 6.54 Å². The lowest BCUT2D eigenvalue weighted by Gasteiger charge is -2.37. The minimum atomic E-state index is -4.27. The fourth-order valence-electron chi connectivity index (χ4n) is 2.62. The van der Waals surface area contributed by atoms with Crippen molar-refractivity contribution in [1.82, 2.24) is 5.32 Å². The number of alkyl halides is 3. The van der Waals surface area contributed by atoms with Crippen LogP contribution in [0, 0.1) is 5.41 Å². The van der Waals surface area contributed by atoms with Gasteiger partial charge in [0.05, 0.1) is 5.56 Å². The molecular formula is C14H18F3N. The second-order valence-corrected chi connectivity index (χ2v) is 5.93. The van der Waals surface area contributed by atoms with Gasteiger partial charge in [0.1, 0.15) is 0 Å². The van der Waals surface area contributed by atoms with Crippen molar-refractivity contribution in [2.24, 2.45) is 5.41 Å². The first-order valence-corrected chi connectivity index (χ1v) is 6.11. The molecule has 100 valence electrons. The van der Waals surface area contributed by atoms with Gasteiger partial charge in [-0.25, -0.2) is 0 Å². The molecule has 1 atom stereocenters. The van der Waals surface area contributed by atoms with Crippen LogP contribution in [0.3, 0.4) is 0 Å². The van der Waals surface area contributed by atoms with Crippen molar-refractivity contribution in [1.29, 1.82) is 0 Å². The summed E-state index contributed by atoms with van der Waals surface area (Å²) in [5.74, 6) is -0.112. The zero-order chi connectivity index (χ0) is 13.6. The van der Waals surface area contributed by atoms with Gasteiger partial charge in [0, 0.05) is 19.0 Å². The Labute approximate surface area is 105 Å². The lowest BCUT2D eigenvalue weighted by Crippen LogP contribution is -2.36. The van der Waals surface area contributed by atoms with Gasteiger partial charge in [-0.05, 0) is 22.6 Å². The maximum atomic E-state index is 13.1. The van der Waals surface area contributed by atoms with E-state index >= 15 is 0 Å². The Kier molecular flexibility index (Phi) is 3.18. The van der Waals surface area contributed by atoms with Crippen LogP contribution in [0.5, 0.6) is 0 Å². The van der Waals surface area contributed by atoms with Crippen molar-refractivity contribution >= 4 is 0 Å². The van der Waals surface area contributed by atoms with Crippen molar-refractivity contribution in [2.75, 3.05) is 6.54 Å². The van der Waals surface area contributed by atoms with Gasteiger partial charge in [-0.1, -0.05) is 32.9 Å². The van der Waals surface area contributed by atoms with E-state index in [2.05, 4.69) is 5.32 Å². The number of nitrogens with one attached hydrogen (secondary N) is 1. The number of benzene rings is 1. The average Bonchev–Trinajstić information content (AvgIpc) is 2.24. The van der Waals surface area contributed by atoms with Gasteiger partial charge in [-0.2, -0.15) is 13.2 Å². The number of hydrogen-bond acceptors (Lipinski definition) is 1. The molecule has 1 aliphatic rings. The first-order valence-electron chi connectivity index (χ1n) is 6.11. The molecule has 0 bridgehead atoms. The minimum Gasteiger partial charge on any atom is -0.312 e. The quantitative estimate of drug-likeness (QED) is 0.742. The highest BCUT2D eigenvalue weighted by Crippen LogP contribution is 2.44. The molecule has 18 heavy (non-hydrogen) atoms. The second-order valence-electron chi connectivity index (χ2n) is 5.93. The monoisotopic (exact) mass is 257 g/mol. The fraction of sp³-hybridized carbons (Fsp3) is 0.571. The van der Waals surface area contributed by atoms with Crippen LogP contribution in [0.1, 0.15) is 43.4 Å². The van der Waals surface area contributed by atoms with E-state index in [0.717, 1.165) is 5.56 Å². The molecule has 1 aromatic rings. The Morgan fingerprint density at radius 3 is 2.39 bits per heavy atom. The lowest BCUT2D eigenvalue weighted by molar-refractivity contribution is -0.138. The van der Waals surface area contributed by atoms with Crippen molar-refractivity contribution in [3.63, 3.8) is 0 Å². The minimum absolute atomic E-state index is 0.112. The Morgan fingerprint density at radius 2 is 1.83 bits per heavy atom. The van der Waals surface area contributed by atoms with Crippen LogP contribution in [0.25, 0.3) is 0 Å².